The summed E-state index contributed by atoms with van der Waals surface area (Å²) < 4.78 is 0. The van der Waals surface area contributed by atoms with E-state index in [-0.39, 0.29) is 22.7 Å². The molecule has 1 atom stereocenters. The van der Waals surface area contributed by atoms with Gasteiger partial charge >= 0.3 is 0 Å². The number of allylic oxidation sites excluding steroid dienone is 4. The first kappa shape index (κ1) is 21.9. The zero-order valence-electron chi connectivity index (χ0n) is 19.7. The molecule has 0 spiro atoms. The van der Waals surface area contributed by atoms with Gasteiger partial charge in [0.2, 0.25) is 5.95 Å². The van der Waals surface area contributed by atoms with E-state index in [1.165, 1.54) is 58.3 Å². The molecule has 2 aliphatic carbocycles. The van der Waals surface area contributed by atoms with Crippen LogP contribution in [0, 0.1) is 0 Å². The quantitative estimate of drug-likeness (QED) is 0.333. The molecule has 0 saturated carbocycles. The number of hydrogen-bond acceptors (Lipinski definition) is 5. The molecule has 0 aliphatic heterocycles. The van der Waals surface area contributed by atoms with Crippen LogP contribution in [0.3, 0.4) is 0 Å². The zero-order chi connectivity index (χ0) is 24.5. The first-order valence-corrected chi connectivity index (χ1v) is 12.1. The van der Waals surface area contributed by atoms with Crippen LogP contribution in [0.5, 0.6) is 0 Å². The average Bonchev–Trinajstić information content (AvgIpc) is 2.93. The third-order valence-electron chi connectivity index (χ3n) is 6.93. The van der Waals surface area contributed by atoms with Crippen LogP contribution >= 0.6 is 0 Å². The lowest BCUT2D eigenvalue weighted by molar-refractivity contribution is 0.724. The van der Waals surface area contributed by atoms with Gasteiger partial charge in [0.15, 0.2) is 11.2 Å². The normalized spacial score (nSPS) is 16.3. The van der Waals surface area contributed by atoms with E-state index < -0.39 is 0 Å². The Hall–Kier alpha value is -4.58. The highest BCUT2D eigenvalue weighted by Gasteiger charge is 2.29. The summed E-state index contributed by atoms with van der Waals surface area (Å²) in [6, 6.07) is 24.5. The van der Waals surface area contributed by atoms with Crippen LogP contribution < -0.4 is 11.3 Å². The van der Waals surface area contributed by atoms with Crippen molar-refractivity contribution in [3.63, 3.8) is 0 Å². The van der Waals surface area contributed by atoms with Gasteiger partial charge in [0.05, 0.1) is 0 Å². The lowest BCUT2D eigenvalue weighted by Gasteiger charge is -2.32. The molecule has 2 heterocycles. The molecule has 3 aromatic carbocycles. The van der Waals surface area contributed by atoms with Crippen LogP contribution in [0.25, 0.3) is 27.5 Å². The predicted octanol–water partition coefficient (Wildman–Crippen LogP) is 5.58. The molecule has 5 aromatic rings. The second kappa shape index (κ2) is 9.23. The zero-order valence-corrected chi connectivity index (χ0v) is 19.7. The molecule has 7 rings (SSSR count). The third kappa shape index (κ3) is 3.96. The molecule has 2 aliphatic rings. The summed E-state index contributed by atoms with van der Waals surface area (Å²) in [5.41, 5.74) is 12.9. The van der Waals surface area contributed by atoms with Crippen molar-refractivity contribution in [1.29, 1.82) is 0 Å². The lowest BCUT2D eigenvalue weighted by atomic mass is 9.71. The fraction of sp³-hybridized carbons (Fsp3) is 0.133. The number of nitrogens with zero attached hydrogens (tertiary/aromatic N) is 3. The van der Waals surface area contributed by atoms with Crippen molar-refractivity contribution in [2.24, 2.45) is 0 Å². The van der Waals surface area contributed by atoms with Crippen LogP contribution in [-0.4, -0.2) is 19.9 Å². The van der Waals surface area contributed by atoms with Crippen LogP contribution in [0.2, 0.25) is 0 Å². The van der Waals surface area contributed by atoms with Crippen molar-refractivity contribution in [3.8, 4) is 0 Å². The minimum Gasteiger partial charge on any atom is -0.369 e. The highest BCUT2D eigenvalue weighted by molar-refractivity contribution is 5.94. The van der Waals surface area contributed by atoms with Crippen molar-refractivity contribution in [2.45, 2.75) is 25.2 Å². The Morgan fingerprint density at radius 3 is 2.61 bits per heavy atom. The fourth-order valence-electron chi connectivity index (χ4n) is 5.34. The van der Waals surface area contributed by atoms with Crippen molar-refractivity contribution in [2.75, 3.05) is 5.73 Å². The fourth-order valence-corrected chi connectivity index (χ4v) is 5.34. The highest BCUT2D eigenvalue weighted by Crippen LogP contribution is 2.46. The number of H-pyrrole nitrogens is 1. The molecule has 176 valence electrons. The Kier molecular flexibility index (Phi) is 5.62. The predicted molar refractivity (Wildman–Crippen MR) is 144 cm³/mol. The lowest BCUT2D eigenvalue weighted by Crippen LogP contribution is -2.16. The van der Waals surface area contributed by atoms with Gasteiger partial charge in [-0.3, -0.25) is 9.78 Å². The summed E-state index contributed by atoms with van der Waals surface area (Å²) in [4.78, 5) is 24.9. The maximum Gasteiger partial charge on any atom is 0.280 e. The van der Waals surface area contributed by atoms with Gasteiger partial charge in [-0.2, -0.15) is 4.98 Å². The van der Waals surface area contributed by atoms with E-state index in [1.54, 1.807) is 5.57 Å². The standard InChI is InChI=1S/C24H20.C6H5N5O/c1-2-8-17(9-3-1)23-16-24-19-11-5-4-10-18(19)14-15-22(24)20-12-6-7-13-21(20)23;7-6-10-4-3(5(12)11-6)8-1-2-9-4/h1-6,8-12,14-15,23H,7,13,16H2;1-2H,(H3,7,9,10,11,12). The SMILES string of the molecule is C1=CC2=C(CC1)C(c1ccccc1)Cc1c2ccc2ccccc12.Nc1nc2nccnc2c(=O)[nH]1. The topological polar surface area (TPSA) is 97.5 Å². The molecule has 6 heteroatoms. The molecular weight excluding hydrogens is 446 g/mol. The molecule has 0 radical (unpaired) electrons. The summed E-state index contributed by atoms with van der Waals surface area (Å²) in [5.74, 6) is 0.567. The van der Waals surface area contributed by atoms with Gasteiger partial charge in [-0.1, -0.05) is 84.5 Å². The molecule has 1 unspecified atom stereocenters. The third-order valence-corrected chi connectivity index (χ3v) is 6.93. The Balaban J connectivity index is 0.000000168. The van der Waals surface area contributed by atoms with E-state index in [9.17, 15) is 4.79 Å². The molecule has 3 N–H and O–H groups in total. The van der Waals surface area contributed by atoms with Crippen LogP contribution in [0.4, 0.5) is 5.95 Å². The summed E-state index contributed by atoms with van der Waals surface area (Å²) in [7, 11) is 0. The van der Waals surface area contributed by atoms with Crippen molar-refractivity contribution < 1.29 is 0 Å². The van der Waals surface area contributed by atoms with Crippen molar-refractivity contribution >= 4 is 33.5 Å². The first-order valence-electron chi connectivity index (χ1n) is 12.1. The van der Waals surface area contributed by atoms with E-state index in [0.29, 0.717) is 5.92 Å². The molecule has 0 bridgehead atoms. The van der Waals surface area contributed by atoms with E-state index in [0.717, 1.165) is 6.42 Å². The average molecular weight is 472 g/mol. The summed E-state index contributed by atoms with van der Waals surface area (Å²) in [5, 5.41) is 2.77. The van der Waals surface area contributed by atoms with Crippen LogP contribution in [0.1, 0.15) is 35.4 Å². The van der Waals surface area contributed by atoms with Gasteiger partial charge in [0, 0.05) is 18.3 Å². The largest absolute Gasteiger partial charge is 0.369 e. The molecule has 0 saturated heterocycles. The van der Waals surface area contributed by atoms with Crippen molar-refractivity contribution in [3.05, 3.63) is 124 Å². The summed E-state index contributed by atoms with van der Waals surface area (Å²) >= 11 is 0. The Morgan fingerprint density at radius 1 is 0.917 bits per heavy atom. The number of hydrogen-bond donors (Lipinski definition) is 2. The second-order valence-corrected chi connectivity index (χ2v) is 9.04. The minimum atomic E-state index is -0.370. The van der Waals surface area contributed by atoms with E-state index >= 15 is 0 Å². The Morgan fingerprint density at radius 2 is 1.72 bits per heavy atom. The number of nitrogens with two attached hydrogens (primary N) is 1. The first-order chi connectivity index (χ1) is 17.7. The highest BCUT2D eigenvalue weighted by atomic mass is 16.1. The van der Waals surface area contributed by atoms with Gasteiger partial charge in [0.1, 0.15) is 0 Å². The number of nitrogens with one attached hydrogen (secondary N) is 1. The maximum atomic E-state index is 11.1. The van der Waals surface area contributed by atoms with Gasteiger partial charge in [-0.15, -0.1) is 0 Å². The Bertz CT molecular complexity index is 1700. The molecule has 0 fully saturated rings. The molecule has 6 nitrogen and oxygen atoms in total. The number of aromatic nitrogens is 4. The minimum absolute atomic E-state index is 0.0491. The van der Waals surface area contributed by atoms with Crippen LogP contribution in [0.15, 0.2) is 102 Å². The monoisotopic (exact) mass is 471 g/mol. The molecule has 2 aromatic heterocycles. The number of nitrogen functional groups attached to an aromatic ring is 1. The number of aromatic amines is 1. The van der Waals surface area contributed by atoms with Crippen molar-refractivity contribution in [1.82, 2.24) is 19.9 Å². The second-order valence-electron chi connectivity index (χ2n) is 9.04. The number of fused-ring (bicyclic) bond motifs is 5. The summed E-state index contributed by atoms with van der Waals surface area (Å²) in [6.07, 6.45) is 11.1. The maximum absolute atomic E-state index is 11.1. The number of rotatable bonds is 1. The van der Waals surface area contributed by atoms with Crippen LogP contribution in [-0.2, 0) is 6.42 Å². The molecule has 0 amide bonds. The summed E-state index contributed by atoms with van der Waals surface area (Å²) in [6.45, 7) is 0. The van der Waals surface area contributed by atoms with Gasteiger partial charge in [-0.25, -0.2) is 9.97 Å². The molecule has 36 heavy (non-hydrogen) atoms. The van der Waals surface area contributed by atoms with E-state index in [1.807, 2.05) is 0 Å². The van der Waals surface area contributed by atoms with Gasteiger partial charge in [-0.05, 0) is 52.3 Å². The van der Waals surface area contributed by atoms with Gasteiger partial charge < -0.3 is 5.73 Å². The molecular formula is C30H25N5O. The number of anilines is 1. The van der Waals surface area contributed by atoms with E-state index in [2.05, 4.69) is 98.8 Å². The van der Waals surface area contributed by atoms with E-state index in [4.69, 9.17) is 5.73 Å². The smallest absolute Gasteiger partial charge is 0.280 e. The van der Waals surface area contributed by atoms with Gasteiger partial charge in [0.25, 0.3) is 5.56 Å². The Labute approximate surface area is 208 Å². The number of benzene rings is 3.